The van der Waals surface area contributed by atoms with Crippen molar-refractivity contribution in [2.75, 3.05) is 32.9 Å². The molecule has 0 atom stereocenters. The van der Waals surface area contributed by atoms with Gasteiger partial charge in [-0.25, -0.2) is 8.42 Å². The van der Waals surface area contributed by atoms with Crippen LogP contribution in [0, 0.1) is 0 Å². The first-order valence-corrected chi connectivity index (χ1v) is 10.5. The van der Waals surface area contributed by atoms with Crippen LogP contribution in [0.25, 0.3) is 6.08 Å². The Balaban J connectivity index is 3.02. The molecule has 27 heavy (non-hydrogen) atoms. The van der Waals surface area contributed by atoms with Crippen LogP contribution in [0.1, 0.15) is 26.3 Å². The number of hydrogen-bond acceptors (Lipinski definition) is 6. The second-order valence-electron chi connectivity index (χ2n) is 5.34. The summed E-state index contributed by atoms with van der Waals surface area (Å²) in [5.74, 6) is -0.646. The van der Waals surface area contributed by atoms with Crippen LogP contribution in [0.3, 0.4) is 0 Å². The van der Waals surface area contributed by atoms with Gasteiger partial charge in [-0.2, -0.15) is 4.31 Å². The molecule has 0 spiro atoms. The third kappa shape index (κ3) is 8.85. The van der Waals surface area contributed by atoms with Crippen LogP contribution >= 0.6 is 11.6 Å². The van der Waals surface area contributed by atoms with Gasteiger partial charge in [0.05, 0.1) is 13.2 Å². The van der Waals surface area contributed by atoms with Gasteiger partial charge in [0, 0.05) is 23.6 Å². The fourth-order valence-corrected chi connectivity index (χ4v) is 3.37. The van der Waals surface area contributed by atoms with Crippen molar-refractivity contribution >= 4 is 33.7 Å². The predicted molar refractivity (Wildman–Crippen MR) is 105 cm³/mol. The van der Waals surface area contributed by atoms with Crippen molar-refractivity contribution in [2.45, 2.75) is 27.1 Å². The smallest absolute Gasteiger partial charge is 0.321 e. The third-order valence-electron chi connectivity index (χ3n) is 3.33. The molecule has 0 aliphatic carbocycles. The Kier molecular flexibility index (Phi) is 10.6. The zero-order valence-corrected chi connectivity index (χ0v) is 17.3. The average Bonchev–Trinajstić information content (AvgIpc) is 2.61. The van der Waals surface area contributed by atoms with E-state index in [4.69, 9.17) is 25.8 Å². The van der Waals surface area contributed by atoms with Gasteiger partial charge in [-0.1, -0.05) is 23.7 Å². The largest absolute Gasteiger partial charge is 0.465 e. The van der Waals surface area contributed by atoms with Crippen molar-refractivity contribution in [2.24, 2.45) is 0 Å². The van der Waals surface area contributed by atoms with Crippen LogP contribution in [0.4, 0.5) is 0 Å². The van der Waals surface area contributed by atoms with Gasteiger partial charge >= 0.3 is 5.97 Å². The minimum atomic E-state index is -3.92. The zero-order chi connectivity index (χ0) is 20.3. The summed E-state index contributed by atoms with van der Waals surface area (Å²) in [7, 11) is -3.92. The zero-order valence-electron chi connectivity index (χ0n) is 15.8. The van der Waals surface area contributed by atoms with Crippen LogP contribution in [0.15, 0.2) is 29.7 Å². The number of carbonyl (C=O) groups excluding carboxylic acids is 1. The van der Waals surface area contributed by atoms with E-state index in [0.29, 0.717) is 23.8 Å². The molecular weight excluding hydrogens is 394 g/mol. The Morgan fingerprint density at radius 3 is 2.22 bits per heavy atom. The first-order chi connectivity index (χ1) is 12.8. The van der Waals surface area contributed by atoms with Crippen LogP contribution in [-0.2, 0) is 29.0 Å². The highest BCUT2D eigenvalue weighted by atomic mass is 35.5. The lowest BCUT2D eigenvalue weighted by Crippen LogP contribution is -2.42. The van der Waals surface area contributed by atoms with Crippen LogP contribution in [0.5, 0.6) is 0 Å². The maximum absolute atomic E-state index is 12.7. The number of sulfonamides is 1. The number of rotatable bonds is 12. The van der Waals surface area contributed by atoms with Gasteiger partial charge in [-0.15, -0.1) is 0 Å². The van der Waals surface area contributed by atoms with E-state index in [1.165, 1.54) is 6.08 Å². The number of carbonyl (C=O) groups is 1. The van der Waals surface area contributed by atoms with E-state index in [1.54, 1.807) is 45.0 Å². The van der Waals surface area contributed by atoms with E-state index in [0.717, 1.165) is 9.71 Å². The molecule has 0 aliphatic heterocycles. The molecule has 0 saturated heterocycles. The number of ether oxygens (including phenoxy) is 3. The summed E-state index contributed by atoms with van der Waals surface area (Å²) in [6.07, 6.45) is 0.647. The number of esters is 1. The number of nitrogens with zero attached hydrogens (tertiary/aromatic N) is 1. The fourth-order valence-electron chi connectivity index (χ4n) is 2.13. The average molecular weight is 420 g/mol. The summed E-state index contributed by atoms with van der Waals surface area (Å²) >= 11 is 5.83. The monoisotopic (exact) mass is 419 g/mol. The molecule has 0 aliphatic rings. The first-order valence-electron chi connectivity index (χ1n) is 8.65. The molecule has 1 aromatic rings. The fraction of sp³-hybridized carbons (Fsp3) is 0.500. The molecule has 0 bridgehead atoms. The summed E-state index contributed by atoms with van der Waals surface area (Å²) in [5.41, 5.74) is 0.658. The molecule has 7 nitrogen and oxygen atoms in total. The lowest BCUT2D eigenvalue weighted by molar-refractivity contribution is -0.150. The molecule has 0 aromatic heterocycles. The molecule has 0 heterocycles. The molecule has 0 N–H and O–H groups in total. The number of hydrogen-bond donors (Lipinski definition) is 0. The molecule has 0 fully saturated rings. The highest BCUT2D eigenvalue weighted by Gasteiger charge is 2.27. The van der Waals surface area contributed by atoms with E-state index < -0.39 is 28.8 Å². The molecule has 1 aromatic carbocycles. The Hall–Kier alpha value is -1.45. The van der Waals surface area contributed by atoms with Crippen molar-refractivity contribution in [3.8, 4) is 0 Å². The van der Waals surface area contributed by atoms with Crippen LogP contribution in [0.2, 0.25) is 5.02 Å². The number of benzene rings is 1. The Bertz CT molecular complexity index is 699. The van der Waals surface area contributed by atoms with Crippen molar-refractivity contribution in [1.29, 1.82) is 0 Å². The molecule has 0 amide bonds. The van der Waals surface area contributed by atoms with Gasteiger partial charge in [-0.3, -0.25) is 4.79 Å². The Morgan fingerprint density at radius 2 is 1.70 bits per heavy atom. The van der Waals surface area contributed by atoms with Crippen molar-refractivity contribution < 1.29 is 27.4 Å². The van der Waals surface area contributed by atoms with E-state index in [9.17, 15) is 13.2 Å². The van der Waals surface area contributed by atoms with Gasteiger partial charge in [0.25, 0.3) is 0 Å². The standard InChI is InChI=1S/C18H26ClNO6S/c1-4-24-17(21)13-20(14-18(25-5-2)26-6-3)27(22,23)12-11-15-7-9-16(19)10-8-15/h7-12,18H,4-6,13-14H2,1-3H3/b12-11+. The predicted octanol–water partition coefficient (Wildman–Crippen LogP) is 2.90. The summed E-state index contributed by atoms with van der Waals surface area (Å²) in [4.78, 5) is 11.9. The summed E-state index contributed by atoms with van der Waals surface area (Å²) in [6, 6.07) is 6.69. The van der Waals surface area contributed by atoms with E-state index >= 15 is 0 Å². The topological polar surface area (TPSA) is 82.1 Å². The molecule has 152 valence electrons. The molecule has 0 unspecified atom stereocenters. The highest BCUT2D eigenvalue weighted by molar-refractivity contribution is 7.92. The summed E-state index contributed by atoms with van der Waals surface area (Å²) in [5, 5.41) is 1.58. The molecule has 1 rings (SSSR count). The lowest BCUT2D eigenvalue weighted by Gasteiger charge is -2.25. The normalized spacial score (nSPS) is 12.2. The number of halogens is 1. The van der Waals surface area contributed by atoms with E-state index in [2.05, 4.69) is 0 Å². The Labute approximate surface area is 165 Å². The molecule has 0 saturated carbocycles. The molecule has 9 heteroatoms. The second kappa shape index (κ2) is 12.1. The second-order valence-corrected chi connectivity index (χ2v) is 7.59. The van der Waals surface area contributed by atoms with E-state index in [1.807, 2.05) is 0 Å². The summed E-state index contributed by atoms with van der Waals surface area (Å²) < 4.78 is 42.2. The minimum Gasteiger partial charge on any atom is -0.465 e. The minimum absolute atomic E-state index is 0.131. The van der Waals surface area contributed by atoms with Gasteiger partial charge in [0.1, 0.15) is 6.54 Å². The SMILES string of the molecule is CCOC(=O)CN(CC(OCC)OCC)S(=O)(=O)/C=C/c1ccc(Cl)cc1. The van der Waals surface area contributed by atoms with Crippen molar-refractivity contribution in [1.82, 2.24) is 4.31 Å². The van der Waals surface area contributed by atoms with Gasteiger partial charge in [0.15, 0.2) is 6.29 Å². The Morgan fingerprint density at radius 1 is 1.11 bits per heavy atom. The van der Waals surface area contributed by atoms with Crippen molar-refractivity contribution in [3.63, 3.8) is 0 Å². The van der Waals surface area contributed by atoms with E-state index in [-0.39, 0.29) is 13.2 Å². The maximum atomic E-state index is 12.7. The quantitative estimate of drug-likeness (QED) is 0.382. The molecular formula is C18H26ClNO6S. The molecule has 0 radical (unpaired) electrons. The van der Waals surface area contributed by atoms with Gasteiger partial charge in [-0.05, 0) is 44.5 Å². The lowest BCUT2D eigenvalue weighted by atomic mass is 10.2. The van der Waals surface area contributed by atoms with Crippen molar-refractivity contribution in [3.05, 3.63) is 40.3 Å². The summed E-state index contributed by atoms with van der Waals surface area (Å²) in [6.45, 7) is 5.49. The van der Waals surface area contributed by atoms with Gasteiger partial charge in [0.2, 0.25) is 10.0 Å². The first kappa shape index (κ1) is 23.6. The highest BCUT2D eigenvalue weighted by Crippen LogP contribution is 2.14. The maximum Gasteiger partial charge on any atom is 0.321 e. The van der Waals surface area contributed by atoms with Gasteiger partial charge < -0.3 is 14.2 Å². The third-order valence-corrected chi connectivity index (χ3v) is 5.06. The van der Waals surface area contributed by atoms with Crippen LogP contribution < -0.4 is 0 Å². The van der Waals surface area contributed by atoms with Crippen LogP contribution in [-0.4, -0.2) is 57.9 Å².